The Morgan fingerprint density at radius 2 is 1.24 bits per heavy atom. The van der Waals surface area contributed by atoms with Crippen LogP contribution in [0.2, 0.25) is 5.02 Å². The van der Waals surface area contributed by atoms with E-state index in [-0.39, 0.29) is 0 Å². The number of nitrogens with two attached hydrogens (primary N) is 1. The molecular formula is C22H38ClNO. The first-order valence-corrected chi connectivity index (χ1v) is 10.8. The van der Waals surface area contributed by atoms with E-state index in [1.165, 1.54) is 83.5 Å². The fraction of sp³-hybridized carbons (Fsp3) is 0.727. The highest BCUT2D eigenvalue weighted by molar-refractivity contribution is 6.30. The van der Waals surface area contributed by atoms with E-state index in [2.05, 4.69) is 6.92 Å². The van der Waals surface area contributed by atoms with Crippen LogP contribution in [0.1, 0.15) is 96.8 Å². The first-order chi connectivity index (χ1) is 12.2. The molecule has 0 aliphatic rings. The Bertz CT molecular complexity index is 436. The van der Waals surface area contributed by atoms with Crippen molar-refractivity contribution in [1.29, 1.82) is 0 Å². The molecule has 0 aliphatic heterocycles. The fourth-order valence-corrected chi connectivity index (χ4v) is 3.31. The molecule has 0 unspecified atom stereocenters. The Kier molecular flexibility index (Phi) is 13.6. The highest BCUT2D eigenvalue weighted by Crippen LogP contribution is 2.25. The fourth-order valence-electron chi connectivity index (χ4n) is 3.13. The van der Waals surface area contributed by atoms with Crippen molar-refractivity contribution in [3.63, 3.8) is 0 Å². The third-order valence-electron chi connectivity index (χ3n) is 4.73. The molecule has 1 aromatic carbocycles. The Morgan fingerprint density at radius 3 is 1.72 bits per heavy atom. The molecule has 144 valence electrons. The first-order valence-electron chi connectivity index (χ1n) is 10.4. The van der Waals surface area contributed by atoms with E-state index < -0.39 is 0 Å². The predicted molar refractivity (Wildman–Crippen MR) is 112 cm³/mol. The Hall–Kier alpha value is -0.890. The third-order valence-corrected chi connectivity index (χ3v) is 4.96. The second kappa shape index (κ2) is 15.4. The maximum Gasteiger partial charge on any atom is 0.142 e. The second-order valence-corrected chi connectivity index (χ2v) is 7.56. The molecule has 1 rings (SSSR count). The molecule has 0 saturated carbocycles. The van der Waals surface area contributed by atoms with Gasteiger partial charge in [0.25, 0.3) is 0 Å². The van der Waals surface area contributed by atoms with E-state index in [9.17, 15) is 0 Å². The maximum absolute atomic E-state index is 5.88. The Labute approximate surface area is 160 Å². The number of benzene rings is 1. The zero-order valence-electron chi connectivity index (χ0n) is 16.2. The van der Waals surface area contributed by atoms with Crippen molar-refractivity contribution in [3.05, 3.63) is 23.2 Å². The largest absolute Gasteiger partial charge is 0.491 e. The lowest BCUT2D eigenvalue weighted by Gasteiger charge is -2.09. The minimum atomic E-state index is 0.623. The van der Waals surface area contributed by atoms with Gasteiger partial charge in [-0.15, -0.1) is 0 Å². The number of ether oxygens (including phenoxy) is 1. The Balaban J connectivity index is 1.81. The zero-order chi connectivity index (χ0) is 18.2. The average molecular weight is 368 g/mol. The molecule has 0 fully saturated rings. The van der Waals surface area contributed by atoms with Crippen molar-refractivity contribution in [1.82, 2.24) is 0 Å². The van der Waals surface area contributed by atoms with Gasteiger partial charge in [0.1, 0.15) is 5.75 Å². The molecule has 2 nitrogen and oxygen atoms in total. The number of hydrogen-bond acceptors (Lipinski definition) is 2. The van der Waals surface area contributed by atoms with Gasteiger partial charge in [-0.25, -0.2) is 0 Å². The summed E-state index contributed by atoms with van der Waals surface area (Å²) in [5.74, 6) is 0.749. The molecule has 25 heavy (non-hydrogen) atoms. The number of hydrogen-bond donors (Lipinski definition) is 1. The maximum atomic E-state index is 5.88. The summed E-state index contributed by atoms with van der Waals surface area (Å²) in [4.78, 5) is 0. The van der Waals surface area contributed by atoms with Gasteiger partial charge in [-0.1, -0.05) is 102 Å². The summed E-state index contributed by atoms with van der Waals surface area (Å²) >= 11 is 5.88. The lowest BCUT2D eigenvalue weighted by atomic mass is 10.0. The normalized spacial score (nSPS) is 11.0. The van der Waals surface area contributed by atoms with Gasteiger partial charge in [-0.2, -0.15) is 0 Å². The summed E-state index contributed by atoms with van der Waals surface area (Å²) in [6.45, 7) is 3.02. The van der Waals surface area contributed by atoms with Gasteiger partial charge in [-0.3, -0.25) is 0 Å². The number of halogens is 1. The van der Waals surface area contributed by atoms with E-state index in [1.807, 2.05) is 12.1 Å². The summed E-state index contributed by atoms with van der Waals surface area (Å²) in [5, 5.41) is 0.654. The summed E-state index contributed by atoms with van der Waals surface area (Å²) < 4.78 is 5.72. The molecule has 1 aromatic rings. The number of nitrogen functional groups attached to an aromatic ring is 1. The standard InChI is InChI=1S/C22H38ClNO/c1-2-3-4-5-6-7-8-9-10-11-12-13-14-15-18-25-22-17-16-20(23)19-21(22)24/h16-17,19H,2-15,18,24H2,1H3. The van der Waals surface area contributed by atoms with Crippen molar-refractivity contribution in [2.75, 3.05) is 12.3 Å². The monoisotopic (exact) mass is 367 g/mol. The van der Waals surface area contributed by atoms with Gasteiger partial charge in [0.2, 0.25) is 0 Å². The number of anilines is 1. The van der Waals surface area contributed by atoms with E-state index >= 15 is 0 Å². The van der Waals surface area contributed by atoms with Crippen LogP contribution in [0, 0.1) is 0 Å². The van der Waals surface area contributed by atoms with Crippen molar-refractivity contribution in [2.24, 2.45) is 0 Å². The lowest BCUT2D eigenvalue weighted by Crippen LogP contribution is -2.00. The first kappa shape index (κ1) is 22.2. The van der Waals surface area contributed by atoms with Crippen molar-refractivity contribution in [2.45, 2.75) is 96.8 Å². The Morgan fingerprint density at radius 1 is 0.760 bits per heavy atom. The molecule has 0 aromatic heterocycles. The molecule has 0 radical (unpaired) electrons. The SMILES string of the molecule is CCCCCCCCCCCCCCCCOc1ccc(Cl)cc1N. The molecule has 0 heterocycles. The molecule has 0 spiro atoms. The molecular weight excluding hydrogens is 330 g/mol. The quantitative estimate of drug-likeness (QED) is 0.239. The van der Waals surface area contributed by atoms with E-state index in [0.29, 0.717) is 10.7 Å². The molecule has 0 saturated heterocycles. The topological polar surface area (TPSA) is 35.2 Å². The van der Waals surface area contributed by atoms with Crippen LogP contribution in [-0.4, -0.2) is 6.61 Å². The van der Waals surface area contributed by atoms with Crippen LogP contribution in [0.25, 0.3) is 0 Å². The van der Waals surface area contributed by atoms with Crippen LogP contribution in [0.5, 0.6) is 5.75 Å². The predicted octanol–water partition coefficient (Wildman–Crippen LogP) is 7.78. The molecule has 2 N–H and O–H groups in total. The third kappa shape index (κ3) is 12.2. The van der Waals surface area contributed by atoms with Crippen LogP contribution in [-0.2, 0) is 0 Å². The number of unbranched alkanes of at least 4 members (excludes halogenated alkanes) is 13. The van der Waals surface area contributed by atoms with Gasteiger partial charge in [0.05, 0.1) is 12.3 Å². The van der Waals surface area contributed by atoms with Gasteiger partial charge in [-0.05, 0) is 24.6 Å². The van der Waals surface area contributed by atoms with Gasteiger partial charge in [0.15, 0.2) is 0 Å². The van der Waals surface area contributed by atoms with Gasteiger partial charge in [0, 0.05) is 5.02 Å². The second-order valence-electron chi connectivity index (χ2n) is 7.13. The highest BCUT2D eigenvalue weighted by atomic mass is 35.5. The summed E-state index contributed by atoms with van der Waals surface area (Å²) in [6, 6.07) is 5.40. The minimum Gasteiger partial charge on any atom is -0.491 e. The average Bonchev–Trinajstić information content (AvgIpc) is 2.60. The van der Waals surface area contributed by atoms with E-state index in [0.717, 1.165) is 18.8 Å². The smallest absolute Gasteiger partial charge is 0.142 e. The van der Waals surface area contributed by atoms with Crippen LogP contribution >= 0.6 is 11.6 Å². The molecule has 0 amide bonds. The van der Waals surface area contributed by atoms with Gasteiger partial charge < -0.3 is 10.5 Å². The molecule has 0 aliphatic carbocycles. The van der Waals surface area contributed by atoms with Crippen LogP contribution in [0.15, 0.2) is 18.2 Å². The summed E-state index contributed by atoms with van der Waals surface area (Å²) in [5.41, 5.74) is 6.50. The summed E-state index contributed by atoms with van der Waals surface area (Å²) in [6.07, 6.45) is 19.2. The lowest BCUT2D eigenvalue weighted by molar-refractivity contribution is 0.306. The minimum absolute atomic E-state index is 0.623. The van der Waals surface area contributed by atoms with Crippen molar-refractivity contribution < 1.29 is 4.74 Å². The van der Waals surface area contributed by atoms with Crippen LogP contribution in [0.4, 0.5) is 5.69 Å². The highest BCUT2D eigenvalue weighted by Gasteiger charge is 2.01. The van der Waals surface area contributed by atoms with Crippen LogP contribution < -0.4 is 10.5 Å². The molecule has 0 bridgehead atoms. The van der Waals surface area contributed by atoms with Crippen molar-refractivity contribution in [3.8, 4) is 5.75 Å². The zero-order valence-corrected chi connectivity index (χ0v) is 17.0. The van der Waals surface area contributed by atoms with Gasteiger partial charge >= 0.3 is 0 Å². The van der Waals surface area contributed by atoms with E-state index in [4.69, 9.17) is 22.1 Å². The number of rotatable bonds is 16. The molecule has 0 atom stereocenters. The van der Waals surface area contributed by atoms with E-state index in [1.54, 1.807) is 6.07 Å². The molecule has 3 heteroatoms. The van der Waals surface area contributed by atoms with Crippen molar-refractivity contribution >= 4 is 17.3 Å². The van der Waals surface area contributed by atoms with Crippen LogP contribution in [0.3, 0.4) is 0 Å². The summed E-state index contributed by atoms with van der Waals surface area (Å²) in [7, 11) is 0.